The highest BCUT2D eigenvalue weighted by Gasteiger charge is 2.75. The Labute approximate surface area is 326 Å². The SMILES string of the molecule is CC(COCC(F)(F)C(F)(F)C(F)(F)F)OC(=O)CC(C(=O)OC(C)COCC(F)(F)C(F)(F)C(F)(F)F)C(C(=O)OC(C)COCC(F)(F)C(F)(F)C(F)(F)F)S(=O)(=O)O. The van der Waals surface area contributed by atoms with Gasteiger partial charge in [-0.15, -0.1) is 0 Å². The first-order valence-electron chi connectivity index (χ1n) is 15.6. The number of hydrogen-bond acceptors (Lipinski definition) is 11. The van der Waals surface area contributed by atoms with Crippen molar-refractivity contribution in [2.24, 2.45) is 5.92 Å². The van der Waals surface area contributed by atoms with Crippen LogP contribution >= 0.6 is 0 Å². The van der Waals surface area contributed by atoms with Crippen molar-refractivity contribution in [1.29, 1.82) is 0 Å². The van der Waals surface area contributed by atoms with Gasteiger partial charge < -0.3 is 28.4 Å². The smallest absolute Gasteiger partial charge is 0.459 e. The van der Waals surface area contributed by atoms with Crippen LogP contribution in [-0.4, -0.2) is 148 Å². The van der Waals surface area contributed by atoms with Gasteiger partial charge in [0.05, 0.1) is 32.2 Å². The van der Waals surface area contributed by atoms with E-state index >= 15 is 0 Å². The van der Waals surface area contributed by atoms with Gasteiger partial charge >= 0.3 is 72.0 Å². The molecule has 12 nitrogen and oxygen atoms in total. The maximum absolute atomic E-state index is 13.5. The third-order valence-electron chi connectivity index (χ3n) is 6.93. The fraction of sp³-hybridized carbons (Fsp3) is 0.889. The van der Waals surface area contributed by atoms with Crippen LogP contribution < -0.4 is 0 Å². The van der Waals surface area contributed by atoms with E-state index in [2.05, 4.69) is 28.4 Å². The van der Waals surface area contributed by atoms with Gasteiger partial charge in [0, 0.05) is 0 Å². The molecule has 0 aromatic rings. The standard InChI is InChI=1S/C27H29F21O12S/c1-11(5-55-8-19(28,29)22(34,35)25(40,41)42)58-15(49)4-14(17(50)59-12(2)6-56-9-20(30,31)23(36,37)26(43,44)45)16(61(52,53)54)18(51)60-13(3)7-57-10-21(32,33)24(38,39)27(46,47)48/h11-14,16H,4-10H2,1-3H3,(H,52,53,54). The van der Waals surface area contributed by atoms with Crippen LogP contribution in [0.5, 0.6) is 0 Å². The molecule has 0 aliphatic carbocycles. The Morgan fingerprint density at radius 2 is 0.738 bits per heavy atom. The molecule has 0 fully saturated rings. The van der Waals surface area contributed by atoms with E-state index in [1.54, 1.807) is 0 Å². The van der Waals surface area contributed by atoms with Crippen LogP contribution in [0, 0.1) is 5.92 Å². The lowest BCUT2D eigenvalue weighted by Crippen LogP contribution is -2.54. The van der Waals surface area contributed by atoms with Crippen molar-refractivity contribution in [3.8, 4) is 0 Å². The van der Waals surface area contributed by atoms with Gasteiger partial charge in [0.15, 0.2) is 5.25 Å². The van der Waals surface area contributed by atoms with Gasteiger partial charge in [0.1, 0.15) is 38.1 Å². The first kappa shape index (κ1) is 57.7. The molecule has 0 aromatic carbocycles. The second kappa shape index (κ2) is 20.1. The number of alkyl halides is 21. The quantitative estimate of drug-likeness (QED) is 0.0479. The molecule has 0 heterocycles. The van der Waals surface area contributed by atoms with Gasteiger partial charge in [-0.2, -0.15) is 101 Å². The summed E-state index contributed by atoms with van der Waals surface area (Å²) >= 11 is 0. The Bertz CT molecular complexity index is 1580. The van der Waals surface area contributed by atoms with Gasteiger partial charge in [-0.25, -0.2) is 0 Å². The third kappa shape index (κ3) is 15.2. The molecule has 5 unspecified atom stereocenters. The van der Waals surface area contributed by atoms with E-state index in [4.69, 9.17) is 0 Å². The first-order chi connectivity index (χ1) is 26.8. The van der Waals surface area contributed by atoms with Gasteiger partial charge in [-0.1, -0.05) is 0 Å². The van der Waals surface area contributed by atoms with Crippen molar-refractivity contribution in [1.82, 2.24) is 0 Å². The van der Waals surface area contributed by atoms with Crippen LogP contribution in [0.3, 0.4) is 0 Å². The monoisotopic (exact) mass is 976 g/mol. The number of ether oxygens (including phenoxy) is 6. The molecule has 0 aromatic heterocycles. The largest absolute Gasteiger partial charge is 0.460 e. The van der Waals surface area contributed by atoms with Crippen LogP contribution in [-0.2, 0) is 52.9 Å². The maximum Gasteiger partial charge on any atom is 0.459 e. The molecule has 0 radical (unpaired) electrons. The van der Waals surface area contributed by atoms with Gasteiger partial charge in [0.25, 0.3) is 10.1 Å². The average molecular weight is 977 g/mol. The minimum absolute atomic E-state index is 0.508. The lowest BCUT2D eigenvalue weighted by Gasteiger charge is -2.29. The first-order valence-corrected chi connectivity index (χ1v) is 17.1. The summed E-state index contributed by atoms with van der Waals surface area (Å²) in [5, 5.41) is -3.55. The summed E-state index contributed by atoms with van der Waals surface area (Å²) in [6, 6.07) is 0. The number of rotatable bonds is 24. The number of halogens is 21. The summed E-state index contributed by atoms with van der Waals surface area (Å²) in [6.45, 7) is -11.3. The highest BCUT2D eigenvalue weighted by molar-refractivity contribution is 7.87. The second-order valence-electron chi connectivity index (χ2n) is 12.4. The van der Waals surface area contributed by atoms with E-state index in [1.807, 2.05) is 0 Å². The van der Waals surface area contributed by atoms with E-state index in [0.29, 0.717) is 20.8 Å². The van der Waals surface area contributed by atoms with Crippen LogP contribution in [0.1, 0.15) is 27.2 Å². The normalized spacial score (nSPS) is 16.9. The topological polar surface area (TPSA) is 161 Å². The summed E-state index contributed by atoms with van der Waals surface area (Å²) in [4.78, 5) is 38.4. The van der Waals surface area contributed by atoms with Crippen molar-refractivity contribution >= 4 is 28.0 Å². The fourth-order valence-corrected chi connectivity index (χ4v) is 4.79. The summed E-state index contributed by atoms with van der Waals surface area (Å²) in [5.74, 6) is -48.1. The Morgan fingerprint density at radius 3 is 1.00 bits per heavy atom. The van der Waals surface area contributed by atoms with Crippen molar-refractivity contribution in [2.45, 2.75) is 105 Å². The molecule has 61 heavy (non-hydrogen) atoms. The predicted molar refractivity (Wildman–Crippen MR) is 150 cm³/mol. The Kier molecular flexibility index (Phi) is 19.0. The molecule has 0 spiro atoms. The molecule has 362 valence electrons. The molecule has 0 rings (SSSR count). The average Bonchev–Trinajstić information content (AvgIpc) is 3.01. The molecule has 0 bridgehead atoms. The minimum Gasteiger partial charge on any atom is -0.460 e. The number of carbonyl (C=O) groups excluding carboxylic acids is 3. The van der Waals surface area contributed by atoms with Gasteiger partial charge in [0.2, 0.25) is 0 Å². The number of carbonyl (C=O) groups is 3. The molecule has 5 atom stereocenters. The van der Waals surface area contributed by atoms with Crippen molar-refractivity contribution in [3.05, 3.63) is 0 Å². The summed E-state index contributed by atoms with van der Waals surface area (Å²) < 4.78 is 330. The Morgan fingerprint density at radius 1 is 0.475 bits per heavy atom. The number of hydrogen-bond donors (Lipinski definition) is 1. The maximum atomic E-state index is 13.5. The summed E-state index contributed by atoms with van der Waals surface area (Å²) in [6.07, 6.45) is -28.9. The minimum atomic E-state index is -6.84. The van der Waals surface area contributed by atoms with E-state index in [0.717, 1.165) is 0 Å². The van der Waals surface area contributed by atoms with Crippen LogP contribution in [0.2, 0.25) is 0 Å². The highest BCUT2D eigenvalue weighted by atomic mass is 32.2. The zero-order valence-electron chi connectivity index (χ0n) is 30.1. The molecule has 1 N–H and O–H groups in total. The molecule has 0 aliphatic rings. The molecule has 0 amide bonds. The summed E-state index contributed by atoms with van der Waals surface area (Å²) in [5.41, 5.74) is 0. The lowest BCUT2D eigenvalue weighted by atomic mass is 10.0. The van der Waals surface area contributed by atoms with Gasteiger partial charge in [-0.05, 0) is 20.8 Å². The molecular formula is C27H29F21O12S. The number of esters is 3. The zero-order chi connectivity index (χ0) is 48.8. The van der Waals surface area contributed by atoms with E-state index < -0.39 is 158 Å². The third-order valence-corrected chi connectivity index (χ3v) is 8.09. The van der Waals surface area contributed by atoms with Crippen LogP contribution in [0.4, 0.5) is 92.2 Å². The molecule has 0 aliphatic heterocycles. The van der Waals surface area contributed by atoms with Crippen LogP contribution in [0.15, 0.2) is 0 Å². The summed E-state index contributed by atoms with van der Waals surface area (Å²) in [7, 11) is -6.23. The molecule has 0 saturated carbocycles. The predicted octanol–water partition coefficient (Wildman–Crippen LogP) is 6.59. The molecule has 34 heteroatoms. The second-order valence-corrected chi connectivity index (χ2v) is 14.0. The Hall–Kier alpha value is -3.27. The van der Waals surface area contributed by atoms with Crippen molar-refractivity contribution in [2.75, 3.05) is 39.6 Å². The van der Waals surface area contributed by atoms with Crippen molar-refractivity contribution < 1.29 is 148 Å². The fourth-order valence-electron chi connectivity index (χ4n) is 3.87. The Balaban J connectivity index is 6.34. The highest BCUT2D eigenvalue weighted by Crippen LogP contribution is 2.48. The zero-order valence-corrected chi connectivity index (χ0v) is 30.9. The lowest BCUT2D eigenvalue weighted by molar-refractivity contribution is -0.362. The van der Waals surface area contributed by atoms with E-state index in [9.17, 15) is 120 Å². The van der Waals surface area contributed by atoms with Gasteiger partial charge in [-0.3, -0.25) is 18.9 Å². The van der Waals surface area contributed by atoms with E-state index in [1.165, 1.54) is 0 Å². The molecular weight excluding hydrogens is 947 g/mol. The van der Waals surface area contributed by atoms with Crippen molar-refractivity contribution in [3.63, 3.8) is 0 Å². The van der Waals surface area contributed by atoms with E-state index in [-0.39, 0.29) is 0 Å². The molecule has 0 saturated heterocycles. The van der Waals surface area contributed by atoms with Crippen LogP contribution in [0.25, 0.3) is 0 Å².